The molecule has 3 heteroatoms. The predicted molar refractivity (Wildman–Crippen MR) is 79.7 cm³/mol. The highest BCUT2D eigenvalue weighted by Gasteiger charge is 2.21. The quantitative estimate of drug-likeness (QED) is 0.852. The van der Waals surface area contributed by atoms with Crippen LogP contribution < -0.4 is 5.32 Å². The normalized spacial score (nSPS) is 19.4. The van der Waals surface area contributed by atoms with Gasteiger partial charge in [-0.2, -0.15) is 0 Å². The molecule has 1 N–H and O–H groups in total. The lowest BCUT2D eigenvalue weighted by molar-refractivity contribution is 0.331. The van der Waals surface area contributed by atoms with Crippen LogP contribution in [0.3, 0.4) is 0 Å². The van der Waals surface area contributed by atoms with Crippen LogP contribution in [-0.2, 0) is 6.42 Å². The Morgan fingerprint density at radius 1 is 1.28 bits per heavy atom. The maximum Gasteiger partial charge on any atom is 0.0420 e. The summed E-state index contributed by atoms with van der Waals surface area (Å²) in [6, 6.07) is 4.80. The Morgan fingerprint density at radius 2 is 2.00 bits per heavy atom. The Labute approximate surface area is 119 Å². The van der Waals surface area contributed by atoms with Gasteiger partial charge in [-0.25, -0.2) is 0 Å². The number of nitrogens with zero attached hydrogens (tertiary/aromatic N) is 1. The highest BCUT2D eigenvalue weighted by Crippen LogP contribution is 2.26. The number of halogens is 1. The van der Waals surface area contributed by atoms with Crippen molar-refractivity contribution in [2.75, 3.05) is 7.05 Å². The van der Waals surface area contributed by atoms with Crippen molar-refractivity contribution >= 4 is 15.9 Å². The molecule has 1 aromatic rings. The summed E-state index contributed by atoms with van der Waals surface area (Å²) in [5, 5.41) is 3.51. The lowest BCUT2D eigenvalue weighted by Gasteiger charge is -2.25. The highest BCUT2D eigenvalue weighted by atomic mass is 79.9. The van der Waals surface area contributed by atoms with Gasteiger partial charge in [0.2, 0.25) is 0 Å². The highest BCUT2D eigenvalue weighted by molar-refractivity contribution is 9.10. The van der Waals surface area contributed by atoms with Crippen LogP contribution in [0.1, 0.15) is 44.2 Å². The third kappa shape index (κ3) is 4.06. The SMILES string of the molecule is CNC(Cc1ccc(Br)cn1)C1CCCCCC1. The second-order valence-electron chi connectivity index (χ2n) is 5.32. The van der Waals surface area contributed by atoms with E-state index in [1.54, 1.807) is 0 Å². The molecule has 1 saturated carbocycles. The van der Waals surface area contributed by atoms with Crippen molar-refractivity contribution in [1.29, 1.82) is 0 Å². The maximum absolute atomic E-state index is 4.50. The van der Waals surface area contributed by atoms with Gasteiger partial charge in [0.15, 0.2) is 0 Å². The summed E-state index contributed by atoms with van der Waals surface area (Å²) in [5.74, 6) is 0.822. The molecular formula is C15H23BrN2. The minimum Gasteiger partial charge on any atom is -0.316 e. The molecule has 0 spiro atoms. The van der Waals surface area contributed by atoms with Crippen LogP contribution in [0.5, 0.6) is 0 Å². The molecule has 1 aliphatic rings. The first kappa shape index (κ1) is 14.0. The summed E-state index contributed by atoms with van der Waals surface area (Å²) in [6.45, 7) is 0. The fourth-order valence-corrected chi connectivity index (χ4v) is 3.20. The van der Waals surface area contributed by atoms with Gasteiger partial charge >= 0.3 is 0 Å². The molecule has 0 bridgehead atoms. The smallest absolute Gasteiger partial charge is 0.0420 e. The van der Waals surface area contributed by atoms with Crippen LogP contribution in [0.15, 0.2) is 22.8 Å². The summed E-state index contributed by atoms with van der Waals surface area (Å²) < 4.78 is 1.06. The Hall–Kier alpha value is -0.410. The van der Waals surface area contributed by atoms with Gasteiger partial charge in [-0.1, -0.05) is 25.7 Å². The molecule has 1 fully saturated rings. The van der Waals surface area contributed by atoms with Gasteiger partial charge in [0, 0.05) is 28.8 Å². The van der Waals surface area contributed by atoms with Gasteiger partial charge in [0.25, 0.3) is 0 Å². The standard InChI is InChI=1S/C15H23BrN2/c1-17-15(12-6-4-2-3-5-7-12)10-14-9-8-13(16)11-18-14/h8-9,11-12,15,17H,2-7,10H2,1H3. The summed E-state index contributed by atoms with van der Waals surface area (Å²) in [6.07, 6.45) is 11.3. The number of aromatic nitrogens is 1. The average Bonchev–Trinajstić information content (AvgIpc) is 2.67. The fourth-order valence-electron chi connectivity index (χ4n) is 2.97. The first-order valence-corrected chi connectivity index (χ1v) is 7.86. The Kier molecular flexibility index (Phi) is 5.64. The van der Waals surface area contributed by atoms with E-state index in [9.17, 15) is 0 Å². The fraction of sp³-hybridized carbons (Fsp3) is 0.667. The van der Waals surface area contributed by atoms with Gasteiger partial charge < -0.3 is 5.32 Å². The van der Waals surface area contributed by atoms with Crippen LogP contribution in [0, 0.1) is 5.92 Å². The molecule has 2 nitrogen and oxygen atoms in total. The third-order valence-electron chi connectivity index (χ3n) is 4.06. The molecule has 1 atom stereocenters. The van der Waals surface area contributed by atoms with Gasteiger partial charge in [0.1, 0.15) is 0 Å². The first-order valence-electron chi connectivity index (χ1n) is 7.07. The number of pyridine rings is 1. The van der Waals surface area contributed by atoms with E-state index in [1.165, 1.54) is 44.2 Å². The van der Waals surface area contributed by atoms with Crippen molar-refractivity contribution in [1.82, 2.24) is 10.3 Å². The summed E-state index contributed by atoms with van der Waals surface area (Å²) >= 11 is 3.44. The van der Waals surface area contributed by atoms with E-state index in [0.717, 1.165) is 16.8 Å². The lowest BCUT2D eigenvalue weighted by Crippen LogP contribution is -2.35. The molecule has 0 aliphatic heterocycles. The summed E-state index contributed by atoms with van der Waals surface area (Å²) in [5.41, 5.74) is 1.20. The molecule has 2 rings (SSSR count). The molecule has 0 radical (unpaired) electrons. The Morgan fingerprint density at radius 3 is 2.56 bits per heavy atom. The molecule has 0 saturated heterocycles. The van der Waals surface area contributed by atoms with E-state index in [1.807, 2.05) is 6.20 Å². The van der Waals surface area contributed by atoms with E-state index in [-0.39, 0.29) is 0 Å². The molecule has 0 aromatic carbocycles. The van der Waals surface area contributed by atoms with E-state index < -0.39 is 0 Å². The second kappa shape index (κ2) is 7.25. The maximum atomic E-state index is 4.50. The van der Waals surface area contributed by atoms with E-state index >= 15 is 0 Å². The van der Waals surface area contributed by atoms with Gasteiger partial charge in [-0.05, 0) is 53.9 Å². The monoisotopic (exact) mass is 310 g/mol. The lowest BCUT2D eigenvalue weighted by atomic mass is 9.89. The zero-order chi connectivity index (χ0) is 12.8. The van der Waals surface area contributed by atoms with E-state index in [4.69, 9.17) is 0 Å². The van der Waals surface area contributed by atoms with Crippen LogP contribution in [0.4, 0.5) is 0 Å². The zero-order valence-corrected chi connectivity index (χ0v) is 12.7. The van der Waals surface area contributed by atoms with Crippen molar-refractivity contribution in [3.63, 3.8) is 0 Å². The molecular weight excluding hydrogens is 288 g/mol. The van der Waals surface area contributed by atoms with Crippen molar-refractivity contribution < 1.29 is 0 Å². The molecule has 1 heterocycles. The van der Waals surface area contributed by atoms with Crippen LogP contribution in [0.25, 0.3) is 0 Å². The molecule has 100 valence electrons. The average molecular weight is 311 g/mol. The van der Waals surface area contributed by atoms with E-state index in [2.05, 4.69) is 45.4 Å². The van der Waals surface area contributed by atoms with Crippen molar-refractivity contribution in [3.05, 3.63) is 28.5 Å². The molecule has 1 unspecified atom stereocenters. The number of hydrogen-bond acceptors (Lipinski definition) is 2. The molecule has 18 heavy (non-hydrogen) atoms. The van der Waals surface area contributed by atoms with Crippen molar-refractivity contribution in [2.24, 2.45) is 5.92 Å². The Balaban J connectivity index is 1.97. The van der Waals surface area contributed by atoms with Gasteiger partial charge in [-0.15, -0.1) is 0 Å². The topological polar surface area (TPSA) is 24.9 Å². The zero-order valence-electron chi connectivity index (χ0n) is 11.2. The molecule has 1 aliphatic carbocycles. The largest absolute Gasteiger partial charge is 0.316 e. The number of nitrogens with one attached hydrogen (secondary N) is 1. The number of rotatable bonds is 4. The van der Waals surface area contributed by atoms with Crippen LogP contribution in [0.2, 0.25) is 0 Å². The minimum atomic E-state index is 0.580. The minimum absolute atomic E-state index is 0.580. The van der Waals surface area contributed by atoms with Gasteiger partial charge in [0.05, 0.1) is 0 Å². The molecule has 1 aromatic heterocycles. The third-order valence-corrected chi connectivity index (χ3v) is 4.53. The van der Waals surface area contributed by atoms with Crippen molar-refractivity contribution in [2.45, 2.75) is 51.0 Å². The number of hydrogen-bond donors (Lipinski definition) is 1. The first-order chi connectivity index (χ1) is 8.79. The van der Waals surface area contributed by atoms with Crippen LogP contribution in [-0.4, -0.2) is 18.1 Å². The Bertz CT molecular complexity index is 342. The van der Waals surface area contributed by atoms with Crippen molar-refractivity contribution in [3.8, 4) is 0 Å². The predicted octanol–water partition coefficient (Wildman–Crippen LogP) is 3.95. The van der Waals surface area contributed by atoms with E-state index in [0.29, 0.717) is 6.04 Å². The number of likely N-dealkylation sites (N-methyl/N-ethyl adjacent to an activating group) is 1. The molecule has 0 amide bonds. The second-order valence-corrected chi connectivity index (χ2v) is 6.23. The summed E-state index contributed by atoms with van der Waals surface area (Å²) in [4.78, 5) is 4.50. The van der Waals surface area contributed by atoms with Crippen LogP contribution >= 0.6 is 15.9 Å². The summed E-state index contributed by atoms with van der Waals surface area (Å²) in [7, 11) is 2.09. The van der Waals surface area contributed by atoms with Gasteiger partial charge in [-0.3, -0.25) is 4.98 Å².